The molecule has 3 aromatic heterocycles. The number of aliphatic hydroxyl groups is 1. The maximum absolute atomic E-state index is 13.7. The molecular weight excluding hydrogens is 504 g/mol. The second-order valence-corrected chi connectivity index (χ2v) is 9.35. The number of hydrogen-bond donors (Lipinski definition) is 2. The first-order chi connectivity index (χ1) is 18.0. The molecule has 1 fully saturated rings. The Kier molecular flexibility index (Phi) is 6.51. The standard InChI is InChI=1S/C26H24F4N6O2/c1-14-19(25(38)35-8-2-3-16(12-35)23(37)15-4-6-18(27)7-5-15)9-17(11-32-14)21-10-20(26(28,29)30)22-24(31)33-13-34-36(21)22/h4-7,9-11,13,16,23,37H,2-3,8,12H2,1H3,(H2,31,33,34). The molecule has 0 spiro atoms. The zero-order chi connectivity index (χ0) is 27.2. The summed E-state index contributed by atoms with van der Waals surface area (Å²) in [7, 11) is 0. The van der Waals surface area contributed by atoms with Gasteiger partial charge in [0, 0.05) is 30.8 Å². The van der Waals surface area contributed by atoms with Crippen molar-refractivity contribution < 1.29 is 27.5 Å². The van der Waals surface area contributed by atoms with Crippen molar-refractivity contribution in [3.05, 3.63) is 77.1 Å². The highest BCUT2D eigenvalue weighted by Gasteiger charge is 2.37. The van der Waals surface area contributed by atoms with Crippen molar-refractivity contribution in [1.82, 2.24) is 24.5 Å². The highest BCUT2D eigenvalue weighted by atomic mass is 19.4. The Morgan fingerprint density at radius 3 is 2.63 bits per heavy atom. The maximum atomic E-state index is 13.7. The molecule has 3 N–H and O–H groups in total. The summed E-state index contributed by atoms with van der Waals surface area (Å²) < 4.78 is 55.6. The van der Waals surface area contributed by atoms with Gasteiger partial charge in [0.1, 0.15) is 17.7 Å². The first-order valence-electron chi connectivity index (χ1n) is 11.9. The van der Waals surface area contributed by atoms with Crippen molar-refractivity contribution in [2.24, 2.45) is 5.92 Å². The number of aliphatic hydroxyl groups excluding tert-OH is 1. The molecule has 1 aromatic carbocycles. The van der Waals surface area contributed by atoms with Crippen molar-refractivity contribution in [3.8, 4) is 11.3 Å². The summed E-state index contributed by atoms with van der Waals surface area (Å²) >= 11 is 0. The molecule has 198 valence electrons. The lowest BCUT2D eigenvalue weighted by Gasteiger charge is -2.35. The number of hydrogen-bond acceptors (Lipinski definition) is 6. The molecule has 12 heteroatoms. The third-order valence-electron chi connectivity index (χ3n) is 6.90. The van der Waals surface area contributed by atoms with Gasteiger partial charge in [0.05, 0.1) is 28.6 Å². The van der Waals surface area contributed by atoms with E-state index < -0.39 is 23.7 Å². The number of amides is 1. The number of aryl methyl sites for hydroxylation is 1. The van der Waals surface area contributed by atoms with Gasteiger partial charge in [-0.1, -0.05) is 12.1 Å². The third kappa shape index (κ3) is 4.67. The molecule has 4 aromatic rings. The van der Waals surface area contributed by atoms with E-state index in [-0.39, 0.29) is 46.5 Å². The van der Waals surface area contributed by atoms with Crippen LogP contribution in [0.15, 0.2) is 48.9 Å². The van der Waals surface area contributed by atoms with Crippen molar-refractivity contribution in [2.45, 2.75) is 32.0 Å². The summed E-state index contributed by atoms with van der Waals surface area (Å²) in [6.45, 7) is 2.35. The molecule has 1 aliphatic rings. The number of aromatic nitrogens is 4. The lowest BCUT2D eigenvalue weighted by molar-refractivity contribution is -0.136. The Morgan fingerprint density at radius 1 is 1.18 bits per heavy atom. The number of benzene rings is 1. The Morgan fingerprint density at radius 2 is 1.92 bits per heavy atom. The number of piperidine rings is 1. The number of pyridine rings is 1. The highest BCUT2D eigenvalue weighted by Crippen LogP contribution is 2.39. The van der Waals surface area contributed by atoms with Gasteiger partial charge in [-0.2, -0.15) is 18.3 Å². The van der Waals surface area contributed by atoms with E-state index in [0.29, 0.717) is 30.6 Å². The number of halogens is 4. The Bertz CT molecular complexity index is 1500. The number of carbonyl (C=O) groups is 1. The summed E-state index contributed by atoms with van der Waals surface area (Å²) in [6.07, 6.45) is -1.82. The fourth-order valence-electron chi connectivity index (χ4n) is 4.93. The minimum Gasteiger partial charge on any atom is -0.388 e. The summed E-state index contributed by atoms with van der Waals surface area (Å²) in [4.78, 5) is 23.1. The minimum atomic E-state index is -4.70. The van der Waals surface area contributed by atoms with E-state index in [1.165, 1.54) is 36.5 Å². The summed E-state index contributed by atoms with van der Waals surface area (Å²) in [6, 6.07) is 8.00. The van der Waals surface area contributed by atoms with E-state index >= 15 is 0 Å². The predicted molar refractivity (Wildman–Crippen MR) is 130 cm³/mol. The number of carbonyl (C=O) groups excluding carboxylic acids is 1. The van der Waals surface area contributed by atoms with E-state index in [1.807, 2.05) is 0 Å². The number of nitrogens with zero attached hydrogens (tertiary/aromatic N) is 5. The van der Waals surface area contributed by atoms with Gasteiger partial charge in [-0.15, -0.1) is 0 Å². The first kappa shape index (κ1) is 25.6. The second-order valence-electron chi connectivity index (χ2n) is 9.35. The van der Waals surface area contributed by atoms with Crippen LogP contribution in [0.3, 0.4) is 0 Å². The van der Waals surface area contributed by atoms with Gasteiger partial charge >= 0.3 is 6.18 Å². The quantitative estimate of drug-likeness (QED) is 0.380. The minimum absolute atomic E-state index is 0.0613. The number of alkyl halides is 3. The second kappa shape index (κ2) is 9.67. The molecular formula is C26H24F4N6O2. The average molecular weight is 529 g/mol. The van der Waals surface area contributed by atoms with Gasteiger partial charge in [0.2, 0.25) is 0 Å². The van der Waals surface area contributed by atoms with Crippen molar-refractivity contribution in [1.29, 1.82) is 0 Å². The van der Waals surface area contributed by atoms with Crippen LogP contribution in [0.2, 0.25) is 0 Å². The fourth-order valence-corrected chi connectivity index (χ4v) is 4.93. The Labute approximate surface area is 214 Å². The molecule has 0 aliphatic carbocycles. The molecule has 1 amide bonds. The van der Waals surface area contributed by atoms with Crippen LogP contribution < -0.4 is 5.73 Å². The maximum Gasteiger partial charge on any atom is 0.418 e. The topological polar surface area (TPSA) is 110 Å². The van der Waals surface area contributed by atoms with Crippen LogP contribution in [0.1, 0.15) is 46.1 Å². The van der Waals surface area contributed by atoms with Crippen LogP contribution in [0.25, 0.3) is 16.8 Å². The van der Waals surface area contributed by atoms with Gasteiger partial charge in [0.25, 0.3) is 5.91 Å². The smallest absolute Gasteiger partial charge is 0.388 e. The highest BCUT2D eigenvalue weighted by molar-refractivity contribution is 5.96. The van der Waals surface area contributed by atoms with Gasteiger partial charge in [-0.05, 0) is 49.6 Å². The van der Waals surface area contributed by atoms with Crippen LogP contribution in [-0.4, -0.2) is 48.6 Å². The van der Waals surface area contributed by atoms with E-state index in [0.717, 1.165) is 16.9 Å². The lowest BCUT2D eigenvalue weighted by Crippen LogP contribution is -2.42. The van der Waals surface area contributed by atoms with Gasteiger partial charge < -0.3 is 15.7 Å². The molecule has 0 radical (unpaired) electrons. The van der Waals surface area contributed by atoms with E-state index in [9.17, 15) is 27.5 Å². The van der Waals surface area contributed by atoms with Crippen LogP contribution in [0.4, 0.5) is 23.4 Å². The molecule has 4 heterocycles. The zero-order valence-corrected chi connectivity index (χ0v) is 20.3. The van der Waals surface area contributed by atoms with Crippen molar-refractivity contribution in [3.63, 3.8) is 0 Å². The molecule has 2 unspecified atom stereocenters. The van der Waals surface area contributed by atoms with Gasteiger partial charge in [0.15, 0.2) is 5.82 Å². The first-order valence-corrected chi connectivity index (χ1v) is 11.9. The Balaban J connectivity index is 1.46. The largest absolute Gasteiger partial charge is 0.418 e. The summed E-state index contributed by atoms with van der Waals surface area (Å²) in [5.74, 6) is -1.34. The third-order valence-corrected chi connectivity index (χ3v) is 6.90. The molecule has 1 aliphatic heterocycles. The molecule has 1 saturated heterocycles. The normalized spacial score (nSPS) is 17.1. The number of fused-ring (bicyclic) bond motifs is 1. The molecule has 8 nitrogen and oxygen atoms in total. The summed E-state index contributed by atoms with van der Waals surface area (Å²) in [5.41, 5.74) is 5.88. The monoisotopic (exact) mass is 528 g/mol. The molecule has 0 saturated carbocycles. The molecule has 0 bridgehead atoms. The SMILES string of the molecule is Cc1ncc(-c2cc(C(F)(F)F)c3c(N)ncnn23)cc1C(=O)N1CCCC(C(O)c2ccc(F)cc2)C1. The number of likely N-dealkylation sites (tertiary alicyclic amines) is 1. The predicted octanol–water partition coefficient (Wildman–Crippen LogP) is 4.43. The average Bonchev–Trinajstić information content (AvgIpc) is 3.30. The Hall–Kier alpha value is -4.06. The number of nitrogen functional groups attached to an aromatic ring is 1. The van der Waals surface area contributed by atoms with E-state index in [1.54, 1.807) is 11.8 Å². The fraction of sp³-hybridized carbons (Fsp3) is 0.308. The van der Waals surface area contributed by atoms with Crippen LogP contribution in [-0.2, 0) is 6.18 Å². The lowest BCUT2D eigenvalue weighted by atomic mass is 9.88. The van der Waals surface area contributed by atoms with Crippen LogP contribution >= 0.6 is 0 Å². The van der Waals surface area contributed by atoms with Gasteiger partial charge in [-0.3, -0.25) is 9.78 Å². The van der Waals surface area contributed by atoms with Crippen molar-refractivity contribution >= 4 is 17.2 Å². The van der Waals surface area contributed by atoms with Gasteiger partial charge in [-0.25, -0.2) is 13.9 Å². The molecule has 38 heavy (non-hydrogen) atoms. The van der Waals surface area contributed by atoms with Crippen LogP contribution in [0, 0.1) is 18.7 Å². The van der Waals surface area contributed by atoms with Crippen molar-refractivity contribution in [2.75, 3.05) is 18.8 Å². The number of anilines is 1. The molecule has 2 atom stereocenters. The number of rotatable bonds is 4. The van der Waals surface area contributed by atoms with Crippen LogP contribution in [0.5, 0.6) is 0 Å². The number of nitrogens with two attached hydrogens (primary N) is 1. The zero-order valence-electron chi connectivity index (χ0n) is 20.3. The molecule has 5 rings (SSSR count). The summed E-state index contributed by atoms with van der Waals surface area (Å²) in [5, 5.41) is 14.8. The van der Waals surface area contributed by atoms with E-state index in [2.05, 4.69) is 15.1 Å². The van der Waals surface area contributed by atoms with E-state index in [4.69, 9.17) is 5.73 Å².